The van der Waals surface area contributed by atoms with Crippen LogP contribution in [0.1, 0.15) is 138 Å². The zero-order valence-corrected chi connectivity index (χ0v) is 41.8. The van der Waals surface area contributed by atoms with Crippen molar-refractivity contribution in [2.24, 2.45) is 0 Å². The number of H-pyrrole nitrogens is 2. The van der Waals surface area contributed by atoms with Gasteiger partial charge in [0.2, 0.25) is 0 Å². The molecular weight excluding hydrogens is 900 g/mol. The fourth-order valence-electron chi connectivity index (χ4n) is 9.71. The molecule has 4 saturated heterocycles. The minimum absolute atomic E-state index is 0. The van der Waals surface area contributed by atoms with Crippen molar-refractivity contribution in [1.29, 1.82) is 10.5 Å². The van der Waals surface area contributed by atoms with E-state index < -0.39 is 5.97 Å². The third-order valence-corrected chi connectivity index (χ3v) is 14.1. The number of hydrogen-bond donors (Lipinski definition) is 4. The number of likely N-dealkylation sites (tertiary alicyclic amines) is 1. The first-order valence-electron chi connectivity index (χ1n) is 24.1. The summed E-state index contributed by atoms with van der Waals surface area (Å²) in [6.45, 7) is 18.6. The number of carbonyl (C=O) groups is 2. The number of imidazole rings is 2. The Balaban J connectivity index is 0.000000172. The van der Waals surface area contributed by atoms with Crippen LogP contribution in [0.15, 0.2) is 72.8 Å². The molecule has 13 nitrogen and oxygen atoms in total. The number of aromatic carboxylic acids is 1. The van der Waals surface area contributed by atoms with Gasteiger partial charge < -0.3 is 34.8 Å². The molecule has 70 heavy (non-hydrogen) atoms. The SMILES string of the molecule is Cc1cc(C)c(-c2nc(C3CCOCC3)[nH]c2C)cc1C(=O)N1CC(c2ccc(C#N)cc2)C1.Cc1cc(C)c(-c2nc(C3CCOCC3)[nH]c2C)cc1C(=O)O.Cl.N#Cc1ccc(C2CNC2)cc1. The Hall–Kier alpha value is -6.61. The van der Waals surface area contributed by atoms with Crippen molar-refractivity contribution in [3.63, 3.8) is 0 Å². The number of rotatable bonds is 8. The van der Waals surface area contributed by atoms with Crippen LogP contribution in [0.4, 0.5) is 0 Å². The predicted molar refractivity (Wildman–Crippen MR) is 273 cm³/mol. The van der Waals surface area contributed by atoms with Crippen LogP contribution in [0.25, 0.3) is 22.5 Å². The maximum absolute atomic E-state index is 13.4. The number of aryl methyl sites for hydroxylation is 6. The molecule has 14 heteroatoms. The number of aromatic nitrogens is 4. The standard InChI is InChI=1S/C28H30N4O2.C18H22N2O3.C10H10N2.ClH/c1-17-12-18(2)25(28(33)32-15-23(16-32)21-6-4-20(14-29)5-7-21)13-24(17)26-19(3)30-27(31-26)22-8-10-34-11-9-22;1-10-8-11(2)15(18(21)22)9-14(10)16-12(3)19-17(20-16)13-4-6-23-7-5-13;11-5-8-1-3-9(4-2-8)10-6-12-7-10;/h4-7,12-13,22-23H,8-11,15-16H2,1-3H3,(H,30,31);8-9,13H,4-7H2,1-3H3,(H,19,20)(H,21,22);1-4,10,12H,6-7H2;1H. The summed E-state index contributed by atoms with van der Waals surface area (Å²) in [4.78, 5) is 43.4. The lowest BCUT2D eigenvalue weighted by Gasteiger charge is -2.40. The third kappa shape index (κ3) is 11.5. The summed E-state index contributed by atoms with van der Waals surface area (Å²) in [5.74, 6) is 2.95. The molecule has 4 aliphatic rings. The Morgan fingerprint density at radius 3 is 1.41 bits per heavy atom. The Bertz CT molecular complexity index is 2890. The number of ether oxygens (including phenoxy) is 2. The van der Waals surface area contributed by atoms with Crippen molar-refractivity contribution in [3.8, 4) is 34.7 Å². The maximum Gasteiger partial charge on any atom is 0.335 e. The van der Waals surface area contributed by atoms with Crippen LogP contribution >= 0.6 is 12.4 Å². The monoisotopic (exact) mass is 962 g/mol. The van der Waals surface area contributed by atoms with Gasteiger partial charge in [0.25, 0.3) is 5.91 Å². The molecule has 6 aromatic rings. The minimum Gasteiger partial charge on any atom is -0.478 e. The normalized spacial score (nSPS) is 16.2. The molecule has 10 rings (SSSR count). The molecule has 1 amide bonds. The van der Waals surface area contributed by atoms with E-state index in [9.17, 15) is 14.7 Å². The van der Waals surface area contributed by atoms with E-state index in [4.69, 9.17) is 30.0 Å². The topological polar surface area (TPSA) is 193 Å². The Labute approximate surface area is 417 Å². The van der Waals surface area contributed by atoms with E-state index in [1.165, 1.54) is 11.1 Å². The van der Waals surface area contributed by atoms with Crippen LogP contribution in [0.2, 0.25) is 0 Å². The van der Waals surface area contributed by atoms with Crippen LogP contribution in [0.5, 0.6) is 0 Å². The van der Waals surface area contributed by atoms with Gasteiger partial charge in [-0.1, -0.05) is 36.4 Å². The summed E-state index contributed by atoms with van der Waals surface area (Å²) in [5.41, 5.74) is 14.7. The number of amides is 1. The molecule has 4 aromatic carbocycles. The fraction of sp³-hybridized carbons (Fsp3) is 0.393. The number of carboxylic acid groups (broad SMARTS) is 1. The predicted octanol–water partition coefficient (Wildman–Crippen LogP) is 10.3. The van der Waals surface area contributed by atoms with Gasteiger partial charge in [-0.15, -0.1) is 12.4 Å². The van der Waals surface area contributed by atoms with Gasteiger partial charge >= 0.3 is 5.97 Å². The summed E-state index contributed by atoms with van der Waals surface area (Å²) in [6, 6.07) is 27.6. The first-order valence-corrected chi connectivity index (χ1v) is 24.1. The highest BCUT2D eigenvalue weighted by Gasteiger charge is 2.33. The van der Waals surface area contributed by atoms with Crippen LogP contribution in [0.3, 0.4) is 0 Å². The lowest BCUT2D eigenvalue weighted by molar-refractivity contribution is 0.0601. The lowest BCUT2D eigenvalue weighted by Crippen LogP contribution is -2.48. The van der Waals surface area contributed by atoms with E-state index in [-0.39, 0.29) is 18.3 Å². The number of aromatic amines is 2. The van der Waals surface area contributed by atoms with Gasteiger partial charge in [-0.25, -0.2) is 14.8 Å². The number of carbonyl (C=O) groups excluding carboxylic acids is 1. The molecule has 4 N–H and O–H groups in total. The maximum atomic E-state index is 13.4. The zero-order valence-electron chi connectivity index (χ0n) is 40.9. The lowest BCUT2D eigenvalue weighted by atomic mass is 9.89. The van der Waals surface area contributed by atoms with E-state index in [2.05, 4.69) is 47.3 Å². The molecule has 0 radical (unpaired) electrons. The number of benzene rings is 4. The van der Waals surface area contributed by atoms with Gasteiger partial charge in [0.05, 0.1) is 40.2 Å². The van der Waals surface area contributed by atoms with Crippen LogP contribution in [-0.4, -0.2) is 94.4 Å². The van der Waals surface area contributed by atoms with Crippen LogP contribution in [-0.2, 0) is 9.47 Å². The summed E-state index contributed by atoms with van der Waals surface area (Å²) < 4.78 is 10.9. The molecule has 4 aliphatic heterocycles. The molecule has 6 heterocycles. The van der Waals surface area contributed by atoms with E-state index >= 15 is 0 Å². The van der Waals surface area contributed by atoms with E-state index in [1.807, 2.05) is 93.3 Å². The summed E-state index contributed by atoms with van der Waals surface area (Å²) in [5, 5.41) is 30.2. The quantitative estimate of drug-likeness (QED) is 0.114. The molecule has 0 aliphatic carbocycles. The summed E-state index contributed by atoms with van der Waals surface area (Å²) in [6.07, 6.45) is 3.91. The smallest absolute Gasteiger partial charge is 0.335 e. The van der Waals surface area contributed by atoms with Crippen molar-refractivity contribution in [3.05, 3.63) is 151 Å². The van der Waals surface area contributed by atoms with Crippen molar-refractivity contribution >= 4 is 24.3 Å². The molecule has 0 saturated carbocycles. The summed E-state index contributed by atoms with van der Waals surface area (Å²) in [7, 11) is 0. The minimum atomic E-state index is -0.901. The number of nitrogens with one attached hydrogen (secondary N) is 3. The second kappa shape index (κ2) is 22.9. The molecule has 0 spiro atoms. The van der Waals surface area contributed by atoms with Crippen molar-refractivity contribution in [1.82, 2.24) is 30.2 Å². The molecule has 4 fully saturated rings. The number of nitriles is 2. The van der Waals surface area contributed by atoms with Crippen LogP contribution < -0.4 is 5.32 Å². The van der Waals surface area contributed by atoms with E-state index in [1.54, 1.807) is 6.07 Å². The van der Waals surface area contributed by atoms with Crippen molar-refractivity contribution in [2.75, 3.05) is 52.6 Å². The molecule has 0 atom stereocenters. The van der Waals surface area contributed by atoms with Crippen LogP contribution in [0, 0.1) is 64.2 Å². The van der Waals surface area contributed by atoms with Gasteiger partial charge in [0, 0.05) is 104 Å². The van der Waals surface area contributed by atoms with Crippen molar-refractivity contribution in [2.45, 2.75) is 90.9 Å². The Kier molecular flexibility index (Phi) is 16.7. The molecule has 0 bridgehead atoms. The highest BCUT2D eigenvalue weighted by Crippen LogP contribution is 2.35. The van der Waals surface area contributed by atoms with Gasteiger partial charge in [-0.05, 0) is 137 Å². The van der Waals surface area contributed by atoms with Gasteiger partial charge in [-0.3, -0.25) is 4.79 Å². The number of carboxylic acids is 1. The zero-order chi connectivity index (χ0) is 48.8. The van der Waals surface area contributed by atoms with Gasteiger partial charge in [0.1, 0.15) is 11.6 Å². The fourth-order valence-corrected chi connectivity index (χ4v) is 9.71. The largest absolute Gasteiger partial charge is 0.478 e. The molecule has 364 valence electrons. The first kappa shape index (κ1) is 51.2. The highest BCUT2D eigenvalue weighted by molar-refractivity contribution is 5.98. The molecule has 2 aromatic heterocycles. The summed E-state index contributed by atoms with van der Waals surface area (Å²) >= 11 is 0. The average molecular weight is 964 g/mol. The van der Waals surface area contributed by atoms with Gasteiger partial charge in [0.15, 0.2) is 0 Å². The Morgan fingerprint density at radius 2 is 1.01 bits per heavy atom. The Morgan fingerprint density at radius 1 is 0.600 bits per heavy atom. The van der Waals surface area contributed by atoms with Gasteiger partial charge in [-0.2, -0.15) is 10.5 Å². The van der Waals surface area contributed by atoms with E-state index in [0.29, 0.717) is 47.9 Å². The number of halogens is 1. The first-order chi connectivity index (χ1) is 33.3. The number of hydrogen-bond acceptors (Lipinski definition) is 9. The van der Waals surface area contributed by atoms with Crippen molar-refractivity contribution < 1.29 is 24.2 Å². The second-order valence-electron chi connectivity index (χ2n) is 19.0. The highest BCUT2D eigenvalue weighted by atomic mass is 35.5. The third-order valence-electron chi connectivity index (χ3n) is 14.1. The average Bonchev–Trinajstić information content (AvgIpc) is 3.91. The number of nitrogens with zero attached hydrogens (tertiary/aromatic N) is 5. The van der Waals surface area contributed by atoms with E-state index in [0.717, 1.165) is 144 Å². The molecular formula is C56H63ClN8O5. The molecule has 0 unspecified atom stereocenters. The second-order valence-corrected chi connectivity index (χ2v) is 19.0.